The topological polar surface area (TPSA) is 24.7 Å². The molecule has 0 spiro atoms. The van der Waals surface area contributed by atoms with Gasteiger partial charge in [0.1, 0.15) is 0 Å². The Labute approximate surface area is 114 Å². The van der Waals surface area contributed by atoms with Crippen molar-refractivity contribution in [2.75, 3.05) is 0 Å². The zero-order chi connectivity index (χ0) is 12.1. The van der Waals surface area contributed by atoms with E-state index in [0.29, 0.717) is 12.1 Å². The van der Waals surface area contributed by atoms with Crippen molar-refractivity contribution in [3.8, 4) is 0 Å². The minimum absolute atomic E-state index is 0.567. The SMILES string of the molecule is C1=C[C@H]2CC[C@H]1[C@@H]1[C@H]3N=N[C@@H]([C@@H]12)[C@H]1[C@H]3[C@H]2C=C[C@H]1C2. The zero-order valence-electron chi connectivity index (χ0n) is 11.1. The molecule has 98 valence electrons. The van der Waals surface area contributed by atoms with E-state index >= 15 is 0 Å². The van der Waals surface area contributed by atoms with Gasteiger partial charge in [-0.3, -0.25) is 0 Å². The molecule has 3 saturated carbocycles. The van der Waals surface area contributed by atoms with Gasteiger partial charge in [0.25, 0.3) is 0 Å². The second kappa shape index (κ2) is 3.05. The maximum absolute atomic E-state index is 4.82. The maximum Gasteiger partial charge on any atom is 0.0783 e. The highest BCUT2D eigenvalue weighted by molar-refractivity contribution is 5.27. The van der Waals surface area contributed by atoms with Crippen LogP contribution < -0.4 is 0 Å². The Hall–Kier alpha value is -0.920. The maximum atomic E-state index is 4.82. The first-order valence-electron chi connectivity index (χ1n) is 8.18. The Bertz CT molecular complexity index is 489. The average Bonchev–Trinajstić information content (AvgIpc) is 3.12. The van der Waals surface area contributed by atoms with E-state index in [2.05, 4.69) is 24.3 Å². The number of allylic oxidation sites excluding steroid dienone is 4. The van der Waals surface area contributed by atoms with E-state index < -0.39 is 0 Å². The first-order chi connectivity index (χ1) is 9.42. The molecule has 2 heterocycles. The summed E-state index contributed by atoms with van der Waals surface area (Å²) in [6, 6.07) is 1.13. The summed E-state index contributed by atoms with van der Waals surface area (Å²) in [7, 11) is 0. The summed E-state index contributed by atoms with van der Waals surface area (Å²) in [5.41, 5.74) is 0. The zero-order valence-corrected chi connectivity index (χ0v) is 11.1. The van der Waals surface area contributed by atoms with Crippen LogP contribution in [0.3, 0.4) is 0 Å². The molecule has 2 heteroatoms. The fourth-order valence-electron chi connectivity index (χ4n) is 6.87. The van der Waals surface area contributed by atoms with Gasteiger partial charge in [0, 0.05) is 0 Å². The summed E-state index contributed by atoms with van der Waals surface area (Å²) in [5.74, 6) is 6.73. The van der Waals surface area contributed by atoms with Crippen molar-refractivity contribution in [2.24, 2.45) is 57.6 Å². The smallest absolute Gasteiger partial charge is 0.0783 e. The van der Waals surface area contributed by atoms with E-state index in [4.69, 9.17) is 10.2 Å². The lowest BCUT2D eigenvalue weighted by atomic mass is 9.48. The minimum Gasteiger partial charge on any atom is -0.190 e. The Morgan fingerprint density at radius 1 is 0.579 bits per heavy atom. The number of rotatable bonds is 0. The van der Waals surface area contributed by atoms with E-state index in [-0.39, 0.29) is 0 Å². The van der Waals surface area contributed by atoms with Crippen LogP contribution in [0.4, 0.5) is 0 Å². The fraction of sp³-hybridized carbons (Fsp3) is 0.765. The molecule has 0 unspecified atom stereocenters. The molecule has 10 atom stereocenters. The van der Waals surface area contributed by atoms with Crippen LogP contribution >= 0.6 is 0 Å². The standard InChI is InChI=1S/C17H20N2/c1-2-9-4-3-8(1)12-13(9)17-15-11-6-5-10(7-11)14(15)16(12)18-19-17/h1-2,5-6,8-17H,3-4,7H2/t8-,9-,10-,11-,12-,13+,14+,15+,16+,17-/m0/s1. The molecule has 2 nitrogen and oxygen atoms in total. The van der Waals surface area contributed by atoms with Gasteiger partial charge in [-0.05, 0) is 66.6 Å². The van der Waals surface area contributed by atoms with Crippen LogP contribution in [0.5, 0.6) is 0 Å². The predicted octanol–water partition coefficient (Wildman–Crippen LogP) is 3.47. The van der Waals surface area contributed by atoms with Crippen LogP contribution in [0.15, 0.2) is 34.5 Å². The number of hydrogen-bond donors (Lipinski definition) is 0. The van der Waals surface area contributed by atoms with Gasteiger partial charge in [0.05, 0.1) is 12.1 Å². The van der Waals surface area contributed by atoms with Gasteiger partial charge in [-0.1, -0.05) is 24.3 Å². The molecule has 0 amide bonds. The second-order valence-electron chi connectivity index (χ2n) is 7.76. The summed E-state index contributed by atoms with van der Waals surface area (Å²) < 4.78 is 0. The van der Waals surface area contributed by atoms with Crippen molar-refractivity contribution >= 4 is 0 Å². The van der Waals surface area contributed by atoms with Crippen molar-refractivity contribution in [3.05, 3.63) is 24.3 Å². The van der Waals surface area contributed by atoms with Crippen molar-refractivity contribution in [1.82, 2.24) is 0 Å². The predicted molar refractivity (Wildman–Crippen MR) is 72.5 cm³/mol. The van der Waals surface area contributed by atoms with E-state index in [9.17, 15) is 0 Å². The van der Waals surface area contributed by atoms with Crippen LogP contribution in [0.1, 0.15) is 19.3 Å². The van der Waals surface area contributed by atoms with Crippen molar-refractivity contribution in [1.29, 1.82) is 0 Å². The molecule has 6 aliphatic carbocycles. The molecule has 2 aliphatic heterocycles. The van der Waals surface area contributed by atoms with E-state index in [1.807, 2.05) is 0 Å². The molecule has 0 radical (unpaired) electrons. The van der Waals surface area contributed by atoms with E-state index in [0.717, 1.165) is 47.3 Å². The van der Waals surface area contributed by atoms with Gasteiger partial charge in [-0.15, -0.1) is 0 Å². The molecule has 0 aromatic heterocycles. The van der Waals surface area contributed by atoms with Crippen molar-refractivity contribution < 1.29 is 0 Å². The molecule has 3 fully saturated rings. The lowest BCUT2D eigenvalue weighted by Crippen LogP contribution is -2.61. The van der Waals surface area contributed by atoms with Crippen molar-refractivity contribution in [3.63, 3.8) is 0 Å². The lowest BCUT2D eigenvalue weighted by molar-refractivity contribution is -0.0488. The summed E-state index contributed by atoms with van der Waals surface area (Å²) in [6.07, 6.45) is 14.3. The van der Waals surface area contributed by atoms with Crippen LogP contribution in [-0.2, 0) is 0 Å². The van der Waals surface area contributed by atoms with Gasteiger partial charge < -0.3 is 0 Å². The molecular weight excluding hydrogens is 232 g/mol. The van der Waals surface area contributed by atoms with Crippen molar-refractivity contribution in [2.45, 2.75) is 31.3 Å². The number of nitrogens with zero attached hydrogens (tertiary/aromatic N) is 2. The quantitative estimate of drug-likeness (QED) is 0.590. The second-order valence-corrected chi connectivity index (χ2v) is 7.76. The minimum atomic E-state index is 0.567. The summed E-state index contributed by atoms with van der Waals surface area (Å²) in [4.78, 5) is 0. The molecule has 0 aromatic carbocycles. The molecule has 0 N–H and O–H groups in total. The third-order valence-corrected chi connectivity index (χ3v) is 7.37. The van der Waals surface area contributed by atoms with Gasteiger partial charge in [-0.2, -0.15) is 10.2 Å². The first-order valence-corrected chi connectivity index (χ1v) is 8.18. The summed E-state index contributed by atoms with van der Waals surface area (Å²) in [6.45, 7) is 0. The summed E-state index contributed by atoms with van der Waals surface area (Å²) in [5, 5.41) is 9.64. The van der Waals surface area contributed by atoms with Crippen LogP contribution in [0.25, 0.3) is 0 Å². The summed E-state index contributed by atoms with van der Waals surface area (Å²) >= 11 is 0. The fourth-order valence-corrected chi connectivity index (χ4v) is 6.87. The van der Waals surface area contributed by atoms with Gasteiger partial charge in [0.2, 0.25) is 0 Å². The molecule has 0 saturated heterocycles. The Kier molecular flexibility index (Phi) is 1.59. The average molecular weight is 252 g/mol. The van der Waals surface area contributed by atoms with Crippen LogP contribution in [0, 0.1) is 47.3 Å². The normalized spacial score (nSPS) is 65.7. The Morgan fingerprint density at radius 3 is 1.47 bits per heavy atom. The molecule has 8 rings (SSSR count). The lowest BCUT2D eigenvalue weighted by Gasteiger charge is -2.59. The highest BCUT2D eigenvalue weighted by atomic mass is 15.2. The molecule has 8 aliphatic rings. The number of azo groups is 1. The third-order valence-electron chi connectivity index (χ3n) is 7.37. The number of hydrogen-bond acceptors (Lipinski definition) is 2. The van der Waals surface area contributed by atoms with E-state index in [1.54, 1.807) is 0 Å². The molecule has 0 aromatic rings. The Morgan fingerprint density at radius 2 is 1.00 bits per heavy atom. The Balaban J connectivity index is 1.53. The monoisotopic (exact) mass is 252 g/mol. The number of fused-ring (bicyclic) bond motifs is 3. The largest absolute Gasteiger partial charge is 0.190 e. The molecule has 6 bridgehead atoms. The molecule has 19 heavy (non-hydrogen) atoms. The van der Waals surface area contributed by atoms with E-state index in [1.165, 1.54) is 19.3 Å². The highest BCUT2D eigenvalue weighted by Crippen LogP contribution is 2.65. The van der Waals surface area contributed by atoms with Gasteiger partial charge in [0.15, 0.2) is 0 Å². The molecular formula is C17H20N2. The highest BCUT2D eigenvalue weighted by Gasteiger charge is 2.65. The third kappa shape index (κ3) is 0.976. The first kappa shape index (κ1) is 9.90. The van der Waals surface area contributed by atoms with Gasteiger partial charge >= 0.3 is 0 Å². The van der Waals surface area contributed by atoms with Gasteiger partial charge in [-0.25, -0.2) is 0 Å². The van der Waals surface area contributed by atoms with Crippen LogP contribution in [0.2, 0.25) is 0 Å². The van der Waals surface area contributed by atoms with Crippen LogP contribution in [-0.4, -0.2) is 12.1 Å².